The van der Waals surface area contributed by atoms with Crippen molar-refractivity contribution in [3.63, 3.8) is 0 Å². The van der Waals surface area contributed by atoms with Gasteiger partial charge in [-0.05, 0) is 58.8 Å². The average molecular weight is 409 g/mol. The van der Waals surface area contributed by atoms with Crippen LogP contribution in [0.1, 0.15) is 16.7 Å². The van der Waals surface area contributed by atoms with Gasteiger partial charge in [-0.25, -0.2) is 0 Å². The summed E-state index contributed by atoms with van der Waals surface area (Å²) in [6.07, 6.45) is 0.837. The quantitative estimate of drug-likeness (QED) is 0.475. The normalized spacial score (nSPS) is 14.8. The Balaban J connectivity index is 1.50. The largest absolute Gasteiger partial charge is 0.454 e. The van der Waals surface area contributed by atoms with Crippen LogP contribution in [0.25, 0.3) is 21.9 Å². The third-order valence-corrected chi connectivity index (χ3v) is 6.33. The van der Waals surface area contributed by atoms with Crippen molar-refractivity contribution in [2.75, 3.05) is 18.9 Å². The Morgan fingerprint density at radius 3 is 2.35 bits per heavy atom. The molecule has 0 bridgehead atoms. The second kappa shape index (κ2) is 6.32. The van der Waals surface area contributed by atoms with Crippen LogP contribution in [0.4, 0.5) is 5.69 Å². The van der Waals surface area contributed by atoms with E-state index in [1.165, 1.54) is 27.6 Å². The summed E-state index contributed by atoms with van der Waals surface area (Å²) < 4.78 is 22.8. The molecule has 0 aromatic heterocycles. The Kier molecular flexibility index (Phi) is 3.44. The van der Waals surface area contributed by atoms with Crippen molar-refractivity contribution in [1.82, 2.24) is 0 Å². The summed E-state index contributed by atoms with van der Waals surface area (Å²) in [5, 5.41) is 5.97. The van der Waals surface area contributed by atoms with Gasteiger partial charge >= 0.3 is 0 Å². The number of benzene rings is 4. The highest BCUT2D eigenvalue weighted by Gasteiger charge is 2.28. The van der Waals surface area contributed by atoms with E-state index in [0.717, 1.165) is 46.1 Å². The molecule has 0 spiro atoms. The SMILES string of the molecule is c1ccc(Cc2cc3c(c4cc5c(cc24)OCO5)NCc2c-3ccc3c2OCO3)cc1. The summed E-state index contributed by atoms with van der Waals surface area (Å²) in [7, 11) is 0. The first kappa shape index (κ1) is 16.9. The minimum Gasteiger partial charge on any atom is -0.454 e. The van der Waals surface area contributed by atoms with Gasteiger partial charge in [0.25, 0.3) is 0 Å². The zero-order valence-electron chi connectivity index (χ0n) is 16.7. The molecule has 4 aromatic rings. The van der Waals surface area contributed by atoms with Gasteiger partial charge in [0, 0.05) is 23.1 Å². The van der Waals surface area contributed by atoms with Crippen LogP contribution in [-0.4, -0.2) is 13.6 Å². The molecule has 7 rings (SSSR count). The second-order valence-electron chi connectivity index (χ2n) is 8.05. The molecule has 0 saturated carbocycles. The zero-order valence-corrected chi connectivity index (χ0v) is 16.7. The molecular weight excluding hydrogens is 390 g/mol. The number of hydrogen-bond acceptors (Lipinski definition) is 5. The Morgan fingerprint density at radius 1 is 0.710 bits per heavy atom. The summed E-state index contributed by atoms with van der Waals surface area (Å²) >= 11 is 0. The van der Waals surface area contributed by atoms with E-state index in [1.54, 1.807) is 0 Å². The van der Waals surface area contributed by atoms with Gasteiger partial charge in [-0.15, -0.1) is 0 Å². The molecule has 0 aliphatic carbocycles. The van der Waals surface area contributed by atoms with Gasteiger partial charge in [0.2, 0.25) is 13.6 Å². The van der Waals surface area contributed by atoms with E-state index in [1.807, 2.05) is 6.07 Å². The summed E-state index contributed by atoms with van der Waals surface area (Å²) in [6, 6.07) is 21.2. The fourth-order valence-electron chi connectivity index (χ4n) is 4.88. The van der Waals surface area contributed by atoms with Crippen LogP contribution >= 0.6 is 0 Å². The smallest absolute Gasteiger partial charge is 0.231 e. The first-order chi connectivity index (χ1) is 15.3. The zero-order chi connectivity index (χ0) is 20.4. The summed E-state index contributed by atoms with van der Waals surface area (Å²) in [4.78, 5) is 0. The number of anilines is 1. The van der Waals surface area contributed by atoms with Crippen molar-refractivity contribution in [3.05, 3.63) is 77.4 Å². The van der Waals surface area contributed by atoms with E-state index in [0.29, 0.717) is 6.54 Å². The number of rotatable bonds is 2. The maximum atomic E-state index is 5.79. The number of ether oxygens (including phenoxy) is 4. The van der Waals surface area contributed by atoms with Gasteiger partial charge in [0.1, 0.15) is 0 Å². The van der Waals surface area contributed by atoms with Crippen LogP contribution in [0.5, 0.6) is 23.0 Å². The molecule has 3 aliphatic heterocycles. The molecule has 3 heterocycles. The van der Waals surface area contributed by atoms with E-state index in [4.69, 9.17) is 18.9 Å². The predicted octanol–water partition coefficient (Wildman–Crippen LogP) is 5.48. The Bertz CT molecular complexity index is 1360. The first-order valence-corrected chi connectivity index (χ1v) is 10.4. The molecule has 3 aliphatic rings. The Hall–Kier alpha value is -3.86. The molecule has 0 atom stereocenters. The van der Waals surface area contributed by atoms with Gasteiger partial charge in [-0.2, -0.15) is 0 Å². The van der Waals surface area contributed by atoms with Crippen LogP contribution in [0.3, 0.4) is 0 Å². The van der Waals surface area contributed by atoms with Crippen molar-refractivity contribution < 1.29 is 18.9 Å². The molecule has 0 fully saturated rings. The first-order valence-electron chi connectivity index (χ1n) is 10.4. The van der Waals surface area contributed by atoms with Gasteiger partial charge < -0.3 is 24.3 Å². The van der Waals surface area contributed by atoms with Gasteiger partial charge in [-0.1, -0.05) is 30.3 Å². The Morgan fingerprint density at radius 2 is 1.48 bits per heavy atom. The standard InChI is InChI=1S/C26H19NO4/c1-2-4-15(5-3-1)8-16-9-19-17-6-7-22-26(31-14-28-22)21(17)12-27-25(19)20-11-24-23(10-18(16)20)29-13-30-24/h1-7,9-11,27H,8,12-14H2. The lowest BCUT2D eigenvalue weighted by Crippen LogP contribution is -2.11. The number of fused-ring (bicyclic) bond motifs is 8. The van der Waals surface area contributed by atoms with Crippen molar-refractivity contribution in [1.29, 1.82) is 0 Å². The van der Waals surface area contributed by atoms with E-state index >= 15 is 0 Å². The molecule has 5 heteroatoms. The molecule has 5 nitrogen and oxygen atoms in total. The van der Waals surface area contributed by atoms with Crippen LogP contribution < -0.4 is 24.3 Å². The van der Waals surface area contributed by atoms with Crippen LogP contribution in [-0.2, 0) is 13.0 Å². The highest BCUT2D eigenvalue weighted by Crippen LogP contribution is 2.50. The lowest BCUT2D eigenvalue weighted by atomic mass is 9.87. The fourth-order valence-corrected chi connectivity index (χ4v) is 4.88. The monoisotopic (exact) mass is 409 g/mol. The second-order valence-corrected chi connectivity index (χ2v) is 8.05. The minimum absolute atomic E-state index is 0.265. The maximum Gasteiger partial charge on any atom is 0.231 e. The number of hydrogen-bond donors (Lipinski definition) is 1. The number of nitrogens with one attached hydrogen (secondary N) is 1. The van der Waals surface area contributed by atoms with Crippen molar-refractivity contribution >= 4 is 16.5 Å². The third-order valence-electron chi connectivity index (χ3n) is 6.33. The van der Waals surface area contributed by atoms with Crippen molar-refractivity contribution in [3.8, 4) is 34.1 Å². The van der Waals surface area contributed by atoms with Crippen LogP contribution in [0.15, 0.2) is 60.7 Å². The highest BCUT2D eigenvalue weighted by atomic mass is 16.7. The molecule has 0 amide bonds. The summed E-state index contributed by atoms with van der Waals surface area (Å²) in [5.74, 6) is 3.27. The topological polar surface area (TPSA) is 49.0 Å². The van der Waals surface area contributed by atoms with Gasteiger partial charge in [-0.3, -0.25) is 0 Å². The summed E-state index contributed by atoms with van der Waals surface area (Å²) in [5.41, 5.74) is 7.16. The fraction of sp³-hybridized carbons (Fsp3) is 0.154. The van der Waals surface area contributed by atoms with E-state index in [-0.39, 0.29) is 13.6 Å². The van der Waals surface area contributed by atoms with Crippen LogP contribution in [0.2, 0.25) is 0 Å². The maximum absolute atomic E-state index is 5.79. The van der Waals surface area contributed by atoms with Crippen LogP contribution in [0, 0.1) is 0 Å². The molecule has 152 valence electrons. The van der Waals surface area contributed by atoms with Gasteiger partial charge in [0.05, 0.1) is 5.69 Å². The predicted molar refractivity (Wildman–Crippen MR) is 118 cm³/mol. The average Bonchev–Trinajstić information content (AvgIpc) is 3.47. The molecular formula is C26H19NO4. The molecule has 31 heavy (non-hydrogen) atoms. The Labute approximate surface area is 179 Å². The van der Waals surface area contributed by atoms with E-state index in [2.05, 4.69) is 59.9 Å². The minimum atomic E-state index is 0.265. The molecule has 0 unspecified atom stereocenters. The van der Waals surface area contributed by atoms with E-state index < -0.39 is 0 Å². The van der Waals surface area contributed by atoms with E-state index in [9.17, 15) is 0 Å². The lowest BCUT2D eigenvalue weighted by molar-refractivity contribution is 0.173. The molecule has 1 N–H and O–H groups in total. The lowest BCUT2D eigenvalue weighted by Gasteiger charge is -2.26. The summed E-state index contributed by atoms with van der Waals surface area (Å²) in [6.45, 7) is 1.23. The molecule has 0 saturated heterocycles. The van der Waals surface area contributed by atoms with Crippen molar-refractivity contribution in [2.24, 2.45) is 0 Å². The highest BCUT2D eigenvalue weighted by molar-refractivity contribution is 6.06. The third kappa shape index (κ3) is 2.49. The molecule has 4 aromatic carbocycles. The molecule has 0 radical (unpaired) electrons. The van der Waals surface area contributed by atoms with Gasteiger partial charge in [0.15, 0.2) is 23.0 Å². The van der Waals surface area contributed by atoms with Crippen molar-refractivity contribution in [2.45, 2.75) is 13.0 Å².